The summed E-state index contributed by atoms with van der Waals surface area (Å²) in [6, 6.07) is 0.911. The molecule has 3 aliphatic rings. The molecule has 0 spiro atoms. The van der Waals surface area contributed by atoms with Gasteiger partial charge in [-0.05, 0) is 0 Å². The van der Waals surface area contributed by atoms with Gasteiger partial charge in [0.25, 0.3) is 13.4 Å². The van der Waals surface area contributed by atoms with Crippen molar-refractivity contribution in [3.8, 4) is 0 Å². The van der Waals surface area contributed by atoms with Gasteiger partial charge in [0.05, 0.1) is 19.5 Å². The standard InChI is InChI=1S/C19H21F2N7O11P2S.2H3N/c20-10-13-8(37-18(10)28-6-25-12-15(22)23-5-24-16(12)28)4-35-41(33,42)39-14-7(3-34-40(31,32)38-13)36-17(11(14)21)27-2-1-9(29)26-19(27)30;;/h1-2,5-8,10-11,13-14,17-18H,3-4H2,(H,31,32)(H,33,42)(H2,22,23,24)(H,26,29,30);2*1H3/t7-,8-,10+,11+,13?,14?,17-,18-,41?;;/m1../s1. The molecule has 3 fully saturated rings. The van der Waals surface area contributed by atoms with Crippen molar-refractivity contribution in [2.45, 2.75) is 49.2 Å². The van der Waals surface area contributed by atoms with Crippen LogP contribution in [-0.4, -0.2) is 79.0 Å². The summed E-state index contributed by atoms with van der Waals surface area (Å²) < 4.78 is 77.2. The number of imidazole rings is 1. The van der Waals surface area contributed by atoms with Gasteiger partial charge in [0.1, 0.15) is 43.0 Å². The molecule has 11 N–H and O–H groups in total. The van der Waals surface area contributed by atoms with Gasteiger partial charge in [-0.1, -0.05) is 11.8 Å². The highest BCUT2D eigenvalue weighted by Gasteiger charge is 2.52. The number of quaternary nitrogens is 2. The fourth-order valence-corrected chi connectivity index (χ4v) is 7.09. The second-order valence-corrected chi connectivity index (χ2v) is 13.3. The number of alkyl halides is 2. The summed E-state index contributed by atoms with van der Waals surface area (Å²) in [6.45, 7) is -6.43. The molecule has 6 heterocycles. The van der Waals surface area contributed by atoms with Crippen LogP contribution in [0, 0.1) is 0 Å². The molecule has 244 valence electrons. The molecule has 3 aromatic rings. The number of fused-ring (bicyclic) bond motifs is 3. The van der Waals surface area contributed by atoms with Crippen LogP contribution in [-0.2, 0) is 43.9 Å². The van der Waals surface area contributed by atoms with Crippen molar-refractivity contribution < 1.29 is 50.7 Å². The molecule has 0 radical (unpaired) electrons. The second-order valence-electron chi connectivity index (χ2n) is 9.25. The topological polar surface area (TPSA) is 316 Å². The number of phosphoric ester groups is 1. The van der Waals surface area contributed by atoms with Gasteiger partial charge >= 0.3 is 5.69 Å². The van der Waals surface area contributed by atoms with E-state index >= 15 is 8.78 Å². The minimum atomic E-state index is -5.38. The molecule has 44 heavy (non-hydrogen) atoms. The molecule has 25 heteroatoms. The first-order valence-corrected chi connectivity index (χ1v) is 16.0. The second kappa shape index (κ2) is 12.6. The molecule has 20 nitrogen and oxygen atoms in total. The van der Waals surface area contributed by atoms with Crippen molar-refractivity contribution in [3.05, 3.63) is 45.8 Å². The Bertz CT molecular complexity index is 1730. The summed E-state index contributed by atoms with van der Waals surface area (Å²) in [6.07, 6.45) is -11.7. The zero-order chi connectivity index (χ0) is 30.0. The van der Waals surface area contributed by atoms with Crippen LogP contribution in [0.1, 0.15) is 12.5 Å². The molecule has 3 aliphatic heterocycles. The average Bonchev–Trinajstić information content (AvgIpc) is 3.57. The van der Waals surface area contributed by atoms with Crippen LogP contribution in [0.4, 0.5) is 14.6 Å². The number of aromatic nitrogens is 6. The van der Waals surface area contributed by atoms with E-state index in [0.717, 1.165) is 29.5 Å². The largest absolute Gasteiger partial charge is 0.780 e. The zero-order valence-electron chi connectivity index (χ0n) is 22.7. The van der Waals surface area contributed by atoms with Crippen molar-refractivity contribution in [1.29, 1.82) is 0 Å². The smallest absolute Gasteiger partial charge is 0.330 e. The monoisotopic (exact) mass is 689 g/mol. The minimum absolute atomic E-state index is 0. The fraction of sp³-hybridized carbons (Fsp3) is 0.526. The quantitative estimate of drug-likeness (QED) is 0.236. The maximum absolute atomic E-state index is 15.7. The third kappa shape index (κ3) is 6.37. The summed E-state index contributed by atoms with van der Waals surface area (Å²) in [5.74, 6) is -0.00789. The van der Waals surface area contributed by atoms with Crippen molar-refractivity contribution >= 4 is 43.3 Å². The van der Waals surface area contributed by atoms with E-state index in [2.05, 4.69) is 15.0 Å². The SMILES string of the molecule is Nc1ncnc2c1ncn2[C@@H]1O[C@@H]2COP([O-])(=S)OC3[C@@H](COP(=O)([O-])OC2[C@@H]1F)O[C@@H](n1ccc(=O)[nH]c1=O)[C@H]3F.[NH4+].[NH4+]. The number of rotatable bonds is 2. The summed E-state index contributed by atoms with van der Waals surface area (Å²) in [4.78, 5) is 63.1. The van der Waals surface area contributed by atoms with Crippen molar-refractivity contribution in [3.63, 3.8) is 0 Å². The lowest BCUT2D eigenvalue weighted by Gasteiger charge is -2.36. The van der Waals surface area contributed by atoms with Crippen molar-refractivity contribution in [1.82, 2.24) is 41.4 Å². The Morgan fingerprint density at radius 1 is 0.977 bits per heavy atom. The molecule has 4 unspecified atom stereocenters. The van der Waals surface area contributed by atoms with Gasteiger partial charge in [-0.3, -0.25) is 23.5 Å². The highest BCUT2D eigenvalue weighted by molar-refractivity contribution is 8.06. The third-order valence-corrected chi connectivity index (χ3v) is 9.12. The van der Waals surface area contributed by atoms with Gasteiger partial charge < -0.3 is 55.4 Å². The number of hydrogen-bond donors (Lipinski definition) is 4. The molecule has 3 aromatic heterocycles. The van der Waals surface area contributed by atoms with Crippen LogP contribution in [0.2, 0.25) is 0 Å². The van der Waals surface area contributed by atoms with E-state index in [1.54, 1.807) is 0 Å². The molecule has 3 saturated heterocycles. The number of phosphoric acid groups is 1. The fourth-order valence-electron chi connectivity index (χ4n) is 4.73. The van der Waals surface area contributed by atoms with Crippen LogP contribution in [0.3, 0.4) is 0 Å². The molecule has 0 aliphatic carbocycles. The summed E-state index contributed by atoms with van der Waals surface area (Å²) in [5, 5.41) is 0. The first-order valence-electron chi connectivity index (χ1n) is 11.9. The summed E-state index contributed by atoms with van der Waals surface area (Å²) in [5.41, 5.74) is 4.11. The van der Waals surface area contributed by atoms with E-state index in [9.17, 15) is 23.9 Å². The summed E-state index contributed by atoms with van der Waals surface area (Å²) >= 11 is 4.90. The number of aromatic amines is 1. The first kappa shape index (κ1) is 34.2. The Kier molecular flexibility index (Phi) is 9.84. The Labute approximate surface area is 249 Å². The number of halogens is 2. The van der Waals surface area contributed by atoms with Crippen LogP contribution in [0.15, 0.2) is 34.5 Å². The van der Waals surface area contributed by atoms with Crippen molar-refractivity contribution in [2.24, 2.45) is 0 Å². The molecule has 0 aromatic carbocycles. The molecule has 10 atom stereocenters. The Morgan fingerprint density at radius 2 is 1.59 bits per heavy atom. The zero-order valence-corrected chi connectivity index (χ0v) is 25.3. The normalized spacial score (nSPS) is 37.5. The lowest BCUT2D eigenvalue weighted by Crippen LogP contribution is -2.39. The van der Waals surface area contributed by atoms with Gasteiger partial charge in [-0.25, -0.2) is 28.5 Å². The van der Waals surface area contributed by atoms with Gasteiger partial charge in [-0.15, -0.1) is 0 Å². The van der Waals surface area contributed by atoms with E-state index in [1.165, 1.54) is 0 Å². The minimum Gasteiger partial charge on any atom is -0.780 e. The van der Waals surface area contributed by atoms with Crippen LogP contribution < -0.4 is 39.1 Å². The lowest BCUT2D eigenvalue weighted by atomic mass is 10.1. The maximum Gasteiger partial charge on any atom is 0.330 e. The number of nitrogens with one attached hydrogen (secondary N) is 1. The van der Waals surface area contributed by atoms with E-state index in [1.807, 2.05) is 4.98 Å². The average molecular weight is 689 g/mol. The summed E-state index contributed by atoms with van der Waals surface area (Å²) in [7, 11) is -5.38. The lowest BCUT2D eigenvalue weighted by molar-refractivity contribution is -0.238. The van der Waals surface area contributed by atoms with Crippen LogP contribution in [0.25, 0.3) is 11.2 Å². The Hall–Kier alpha value is -2.63. The number of ether oxygens (including phenoxy) is 2. The highest BCUT2D eigenvalue weighted by atomic mass is 32.5. The Balaban J connectivity index is 0.00000221. The number of H-pyrrole nitrogens is 1. The predicted octanol–water partition coefficient (Wildman–Crippen LogP) is -0.947. The molecular weight excluding hydrogens is 662 g/mol. The van der Waals surface area contributed by atoms with E-state index in [-0.39, 0.29) is 29.3 Å². The van der Waals surface area contributed by atoms with Gasteiger partial charge in [-0.2, -0.15) is 0 Å². The number of anilines is 1. The van der Waals surface area contributed by atoms with E-state index < -0.39 is 88.2 Å². The number of nitrogens with two attached hydrogens (primary N) is 1. The van der Waals surface area contributed by atoms with E-state index in [4.69, 9.17) is 45.1 Å². The molecule has 0 saturated carbocycles. The molecule has 0 bridgehead atoms. The maximum atomic E-state index is 15.7. The third-order valence-electron chi connectivity index (χ3n) is 6.62. The van der Waals surface area contributed by atoms with Crippen LogP contribution >= 0.6 is 14.5 Å². The van der Waals surface area contributed by atoms with E-state index in [0.29, 0.717) is 4.57 Å². The number of nitrogen functional groups attached to an aromatic ring is 1. The number of nitrogens with zero attached hydrogens (tertiary/aromatic N) is 5. The molecule has 6 rings (SSSR count). The highest BCUT2D eigenvalue weighted by Crippen LogP contribution is 2.51. The van der Waals surface area contributed by atoms with Gasteiger partial charge in [0.2, 0.25) is 0 Å². The molecule has 0 amide bonds. The number of hydrogen-bond acceptors (Lipinski definition) is 16. The first-order chi connectivity index (χ1) is 19.8. The van der Waals surface area contributed by atoms with Crippen LogP contribution in [0.5, 0.6) is 0 Å². The Morgan fingerprint density at radius 3 is 2.25 bits per heavy atom. The molecular formula is C19H27F2N9O11P2S. The van der Waals surface area contributed by atoms with Crippen molar-refractivity contribution in [2.75, 3.05) is 18.9 Å². The van der Waals surface area contributed by atoms with Gasteiger partial charge in [0, 0.05) is 12.3 Å². The van der Waals surface area contributed by atoms with Gasteiger partial charge in [0.15, 0.2) is 36.3 Å². The predicted molar refractivity (Wildman–Crippen MR) is 144 cm³/mol.